The van der Waals surface area contributed by atoms with Crippen LogP contribution in [0.25, 0.3) is 10.6 Å². The van der Waals surface area contributed by atoms with Crippen molar-refractivity contribution >= 4 is 23.7 Å². The Labute approximate surface area is 158 Å². The third-order valence-corrected chi connectivity index (χ3v) is 5.39. The number of hydrogen-bond acceptors (Lipinski definition) is 5. The first-order valence-electron chi connectivity index (χ1n) is 8.23. The summed E-state index contributed by atoms with van der Waals surface area (Å²) in [6, 6.07) is 10.7. The summed E-state index contributed by atoms with van der Waals surface area (Å²) in [6.45, 7) is 3.81. The summed E-state index contributed by atoms with van der Waals surface area (Å²) >= 11 is 1.72. The molecule has 0 amide bonds. The van der Waals surface area contributed by atoms with E-state index in [2.05, 4.69) is 56.5 Å². The quantitative estimate of drug-likeness (QED) is 0.761. The maximum Gasteiger partial charge on any atom is 0.127 e. The zero-order chi connectivity index (χ0) is 16.4. The van der Waals surface area contributed by atoms with Gasteiger partial charge >= 0.3 is 0 Å². The second-order valence-electron chi connectivity index (χ2n) is 6.10. The molecule has 1 aliphatic rings. The minimum Gasteiger partial charge on any atom is -0.337 e. The number of imidazole rings is 1. The Bertz CT molecular complexity index is 801. The number of rotatable bonds is 4. The van der Waals surface area contributed by atoms with Crippen LogP contribution >= 0.6 is 23.7 Å². The van der Waals surface area contributed by atoms with E-state index < -0.39 is 0 Å². The molecule has 1 N–H and O–H groups in total. The first-order chi connectivity index (χ1) is 11.8. The molecule has 5 nitrogen and oxygen atoms in total. The number of hydrogen-bond donors (Lipinski definition) is 1. The molecule has 7 heteroatoms. The fraction of sp³-hybridized carbons (Fsp3) is 0.333. The third-order valence-electron chi connectivity index (χ3n) is 4.45. The highest BCUT2D eigenvalue weighted by molar-refractivity contribution is 7.13. The topological polar surface area (TPSA) is 46.0 Å². The number of nitrogens with zero attached hydrogens (tertiary/aromatic N) is 4. The Balaban J connectivity index is 0.00000182. The van der Waals surface area contributed by atoms with Gasteiger partial charge in [0.1, 0.15) is 10.8 Å². The molecule has 1 atom stereocenters. The molecule has 2 aromatic heterocycles. The van der Waals surface area contributed by atoms with Crippen molar-refractivity contribution < 1.29 is 0 Å². The average Bonchev–Trinajstić information content (AvgIpc) is 3.25. The molecule has 25 heavy (non-hydrogen) atoms. The van der Waals surface area contributed by atoms with E-state index in [0.29, 0.717) is 6.04 Å². The van der Waals surface area contributed by atoms with Gasteiger partial charge in [-0.25, -0.2) is 9.97 Å². The van der Waals surface area contributed by atoms with E-state index >= 15 is 0 Å². The van der Waals surface area contributed by atoms with Crippen molar-refractivity contribution in [2.75, 3.05) is 19.6 Å². The molecule has 4 rings (SSSR count). The Morgan fingerprint density at radius 1 is 1.28 bits per heavy atom. The molecule has 1 fully saturated rings. The van der Waals surface area contributed by atoms with Crippen molar-refractivity contribution in [2.24, 2.45) is 7.05 Å². The maximum absolute atomic E-state index is 4.84. The van der Waals surface area contributed by atoms with Gasteiger partial charge in [0.15, 0.2) is 0 Å². The number of thiazole rings is 1. The van der Waals surface area contributed by atoms with Crippen LogP contribution in [0.5, 0.6) is 0 Å². The summed E-state index contributed by atoms with van der Waals surface area (Å²) in [4.78, 5) is 11.9. The van der Waals surface area contributed by atoms with Crippen LogP contribution in [0.4, 0.5) is 0 Å². The number of piperazine rings is 1. The van der Waals surface area contributed by atoms with Crippen LogP contribution in [-0.2, 0) is 13.6 Å². The van der Waals surface area contributed by atoms with Gasteiger partial charge in [0, 0.05) is 56.6 Å². The van der Waals surface area contributed by atoms with Crippen molar-refractivity contribution in [3.05, 3.63) is 59.6 Å². The molecule has 132 valence electrons. The number of nitrogens with one attached hydrogen (secondary N) is 1. The summed E-state index contributed by atoms with van der Waals surface area (Å²) < 4.78 is 2.11. The van der Waals surface area contributed by atoms with Gasteiger partial charge < -0.3 is 9.88 Å². The highest BCUT2D eigenvalue weighted by atomic mass is 35.5. The first kappa shape index (κ1) is 18.1. The zero-order valence-electron chi connectivity index (χ0n) is 14.1. The van der Waals surface area contributed by atoms with E-state index in [9.17, 15) is 0 Å². The van der Waals surface area contributed by atoms with Crippen LogP contribution in [0.15, 0.2) is 48.1 Å². The number of aromatic nitrogens is 3. The monoisotopic (exact) mass is 375 g/mol. The molecule has 0 spiro atoms. The normalized spacial score (nSPS) is 18.0. The Kier molecular flexibility index (Phi) is 5.86. The van der Waals surface area contributed by atoms with Crippen LogP contribution in [0.1, 0.15) is 17.6 Å². The molecule has 0 bridgehead atoms. The summed E-state index contributed by atoms with van der Waals surface area (Å²) in [5.74, 6) is 1.11. The van der Waals surface area contributed by atoms with Gasteiger partial charge in [-0.05, 0) is 0 Å². The van der Waals surface area contributed by atoms with Crippen LogP contribution in [0.2, 0.25) is 0 Å². The van der Waals surface area contributed by atoms with Gasteiger partial charge in [0.05, 0.1) is 11.7 Å². The number of aryl methyl sites for hydroxylation is 1. The Morgan fingerprint density at radius 3 is 2.88 bits per heavy atom. The molecule has 0 saturated carbocycles. The van der Waals surface area contributed by atoms with Gasteiger partial charge in [-0.3, -0.25) is 4.90 Å². The average molecular weight is 376 g/mol. The SMILES string of the molecule is Cl.Cn1ccnc1C1CNCCN1Cc1csc(-c2ccccc2)n1. The van der Waals surface area contributed by atoms with Crippen molar-refractivity contribution in [1.82, 2.24) is 24.8 Å². The zero-order valence-corrected chi connectivity index (χ0v) is 15.8. The molecule has 3 aromatic rings. The van der Waals surface area contributed by atoms with Crippen LogP contribution in [0, 0.1) is 0 Å². The molecule has 0 aliphatic carbocycles. The van der Waals surface area contributed by atoms with E-state index in [-0.39, 0.29) is 12.4 Å². The predicted octanol–water partition coefficient (Wildman–Crippen LogP) is 3.11. The van der Waals surface area contributed by atoms with Gasteiger partial charge in [0.25, 0.3) is 0 Å². The van der Waals surface area contributed by atoms with Crippen LogP contribution < -0.4 is 5.32 Å². The summed E-state index contributed by atoms with van der Waals surface area (Å²) in [5, 5.41) is 6.76. The minimum atomic E-state index is 0. The molecule has 1 aromatic carbocycles. The lowest BCUT2D eigenvalue weighted by Gasteiger charge is -2.35. The second-order valence-corrected chi connectivity index (χ2v) is 6.95. The smallest absolute Gasteiger partial charge is 0.127 e. The van der Waals surface area contributed by atoms with E-state index in [4.69, 9.17) is 4.98 Å². The highest BCUT2D eigenvalue weighted by Crippen LogP contribution is 2.26. The van der Waals surface area contributed by atoms with Crippen LogP contribution in [-0.4, -0.2) is 39.1 Å². The predicted molar refractivity (Wildman–Crippen MR) is 104 cm³/mol. The van der Waals surface area contributed by atoms with Gasteiger partial charge in [-0.1, -0.05) is 30.3 Å². The molecular formula is C18H22ClN5S. The third kappa shape index (κ3) is 3.93. The van der Waals surface area contributed by atoms with Crippen LogP contribution in [0.3, 0.4) is 0 Å². The molecule has 1 saturated heterocycles. The van der Waals surface area contributed by atoms with Crippen molar-refractivity contribution in [2.45, 2.75) is 12.6 Å². The van der Waals surface area contributed by atoms with E-state index in [1.165, 1.54) is 5.56 Å². The molecule has 1 aliphatic heterocycles. The molecule has 0 radical (unpaired) electrons. The maximum atomic E-state index is 4.84. The lowest BCUT2D eigenvalue weighted by molar-refractivity contribution is 0.143. The lowest BCUT2D eigenvalue weighted by atomic mass is 10.1. The van der Waals surface area contributed by atoms with Gasteiger partial charge in [0.2, 0.25) is 0 Å². The summed E-state index contributed by atoms with van der Waals surface area (Å²) in [7, 11) is 2.06. The van der Waals surface area contributed by atoms with E-state index in [1.807, 2.05) is 18.5 Å². The Morgan fingerprint density at radius 2 is 2.12 bits per heavy atom. The fourth-order valence-electron chi connectivity index (χ4n) is 3.19. The Hall–Kier alpha value is -1.73. The van der Waals surface area contributed by atoms with Crippen molar-refractivity contribution in [1.29, 1.82) is 0 Å². The largest absolute Gasteiger partial charge is 0.337 e. The van der Waals surface area contributed by atoms with E-state index in [1.54, 1.807) is 11.3 Å². The number of benzene rings is 1. The number of halogens is 1. The standard InChI is InChI=1S/C18H21N5S.ClH/c1-22-9-8-20-17(22)16-11-19-7-10-23(16)12-15-13-24-18(21-15)14-5-3-2-4-6-14;/h2-6,8-9,13,16,19H,7,10-12H2,1H3;1H. The van der Waals surface area contributed by atoms with Gasteiger partial charge in [-0.15, -0.1) is 23.7 Å². The highest BCUT2D eigenvalue weighted by Gasteiger charge is 2.27. The molecule has 1 unspecified atom stereocenters. The molecule has 3 heterocycles. The summed E-state index contributed by atoms with van der Waals surface area (Å²) in [5.41, 5.74) is 2.33. The van der Waals surface area contributed by atoms with Crippen molar-refractivity contribution in [3.63, 3.8) is 0 Å². The summed E-state index contributed by atoms with van der Waals surface area (Å²) in [6.07, 6.45) is 3.89. The lowest BCUT2D eigenvalue weighted by Crippen LogP contribution is -2.46. The van der Waals surface area contributed by atoms with Gasteiger partial charge in [-0.2, -0.15) is 0 Å². The van der Waals surface area contributed by atoms with E-state index in [0.717, 1.165) is 42.7 Å². The second kappa shape index (κ2) is 8.10. The first-order valence-corrected chi connectivity index (χ1v) is 9.11. The van der Waals surface area contributed by atoms with Crippen molar-refractivity contribution in [3.8, 4) is 10.6 Å². The minimum absolute atomic E-state index is 0. The fourth-order valence-corrected chi connectivity index (χ4v) is 4.01. The molecular weight excluding hydrogens is 354 g/mol.